The molecule has 1 aliphatic heterocycles. The van der Waals surface area contributed by atoms with E-state index in [1.54, 1.807) is 16.6 Å². The smallest absolute Gasteiger partial charge is 0.309 e. The number of carboxylic acid groups (broad SMARTS) is 1. The van der Waals surface area contributed by atoms with E-state index in [-0.39, 0.29) is 18.2 Å². The highest BCUT2D eigenvalue weighted by Crippen LogP contribution is 2.37. The minimum absolute atomic E-state index is 0.00202. The average Bonchev–Trinajstić information content (AvgIpc) is 3.22. The second kappa shape index (κ2) is 7.12. The molecule has 7 nitrogen and oxygen atoms in total. The van der Waals surface area contributed by atoms with Crippen molar-refractivity contribution >= 4 is 23.2 Å². The first-order valence-electron chi connectivity index (χ1n) is 7.94. The van der Waals surface area contributed by atoms with Crippen LogP contribution in [0, 0.1) is 11.8 Å². The molecule has 1 aliphatic rings. The van der Waals surface area contributed by atoms with Crippen molar-refractivity contribution in [2.45, 2.75) is 32.4 Å². The molecular weight excluding hydrogens is 328 g/mol. The minimum atomic E-state index is -0.870. The summed E-state index contributed by atoms with van der Waals surface area (Å²) in [5, 5.41) is 15.6. The van der Waals surface area contributed by atoms with Gasteiger partial charge in [-0.3, -0.25) is 14.3 Å². The summed E-state index contributed by atoms with van der Waals surface area (Å²) in [6, 6.07) is 1.37. The number of hydrogen-bond acceptors (Lipinski definition) is 5. The van der Waals surface area contributed by atoms with Gasteiger partial charge in [-0.1, -0.05) is 6.92 Å². The molecule has 3 unspecified atom stereocenters. The van der Waals surface area contributed by atoms with Crippen LogP contribution >= 0.6 is 11.3 Å². The Bertz CT molecular complexity index is 686. The highest BCUT2D eigenvalue weighted by Gasteiger charge is 2.42. The lowest BCUT2D eigenvalue weighted by Gasteiger charge is -2.40. The predicted molar refractivity (Wildman–Crippen MR) is 88.3 cm³/mol. The lowest BCUT2D eigenvalue weighted by Crippen LogP contribution is -2.47. The van der Waals surface area contributed by atoms with Crippen LogP contribution in [0.25, 0.3) is 0 Å². The van der Waals surface area contributed by atoms with Gasteiger partial charge in [0.1, 0.15) is 0 Å². The fourth-order valence-corrected chi connectivity index (χ4v) is 3.86. The molecule has 0 aromatic carbocycles. The lowest BCUT2D eigenvalue weighted by atomic mass is 9.86. The van der Waals surface area contributed by atoms with Crippen molar-refractivity contribution in [2.75, 3.05) is 6.54 Å². The number of likely N-dealkylation sites (tertiary alicyclic amines) is 1. The van der Waals surface area contributed by atoms with Crippen LogP contribution in [0.4, 0.5) is 0 Å². The lowest BCUT2D eigenvalue weighted by molar-refractivity contribution is -0.152. The molecule has 2 aromatic rings. The second-order valence-corrected chi connectivity index (χ2v) is 6.94. The highest BCUT2D eigenvalue weighted by atomic mass is 32.1. The van der Waals surface area contributed by atoms with E-state index < -0.39 is 17.9 Å². The van der Waals surface area contributed by atoms with Gasteiger partial charge >= 0.3 is 5.97 Å². The van der Waals surface area contributed by atoms with Crippen LogP contribution in [0.2, 0.25) is 0 Å². The molecule has 0 saturated carbocycles. The standard InChI is InChI=1S/C16H20N4O3S/c1-11(7-19-6-2-5-18-19)8-20-14(21)4-3-12(16(22)23)15(20)13-9-24-10-17-13/h2,5-6,9-12,15H,3-4,7-8H2,1H3,(H,22,23). The molecule has 3 heterocycles. The van der Waals surface area contributed by atoms with Crippen molar-refractivity contribution in [1.82, 2.24) is 19.7 Å². The van der Waals surface area contributed by atoms with E-state index in [0.29, 0.717) is 25.2 Å². The van der Waals surface area contributed by atoms with Crippen molar-refractivity contribution in [2.24, 2.45) is 11.8 Å². The zero-order chi connectivity index (χ0) is 17.1. The Labute approximate surface area is 143 Å². The summed E-state index contributed by atoms with van der Waals surface area (Å²) in [7, 11) is 0. The number of carboxylic acids is 1. The summed E-state index contributed by atoms with van der Waals surface area (Å²) in [5.74, 6) is -1.33. The van der Waals surface area contributed by atoms with Gasteiger partial charge in [-0.15, -0.1) is 11.3 Å². The van der Waals surface area contributed by atoms with E-state index in [9.17, 15) is 14.7 Å². The number of carbonyl (C=O) groups excluding carboxylic acids is 1. The number of piperidine rings is 1. The van der Waals surface area contributed by atoms with Gasteiger partial charge < -0.3 is 10.0 Å². The Hall–Kier alpha value is -2.22. The molecule has 1 fully saturated rings. The molecule has 8 heteroatoms. The molecule has 3 atom stereocenters. The van der Waals surface area contributed by atoms with Crippen molar-refractivity contribution < 1.29 is 14.7 Å². The summed E-state index contributed by atoms with van der Waals surface area (Å²) in [6.07, 6.45) is 4.23. The quantitative estimate of drug-likeness (QED) is 0.863. The number of nitrogens with zero attached hydrogens (tertiary/aromatic N) is 4. The summed E-state index contributed by atoms with van der Waals surface area (Å²) < 4.78 is 1.83. The maximum atomic E-state index is 12.5. The number of amides is 1. The van der Waals surface area contributed by atoms with E-state index in [2.05, 4.69) is 10.1 Å². The SMILES string of the molecule is CC(CN1C(=O)CCC(C(=O)O)C1c1cscn1)Cn1cccn1. The van der Waals surface area contributed by atoms with E-state index in [4.69, 9.17) is 0 Å². The normalized spacial score (nSPS) is 22.5. The van der Waals surface area contributed by atoms with Crippen LogP contribution in [-0.4, -0.2) is 43.2 Å². The fourth-order valence-electron chi connectivity index (χ4n) is 3.28. The van der Waals surface area contributed by atoms with Crippen LogP contribution in [0.1, 0.15) is 31.5 Å². The van der Waals surface area contributed by atoms with Gasteiger partial charge in [0.25, 0.3) is 0 Å². The summed E-state index contributed by atoms with van der Waals surface area (Å²) in [5.41, 5.74) is 2.35. The van der Waals surface area contributed by atoms with Crippen molar-refractivity contribution in [3.05, 3.63) is 35.0 Å². The molecule has 0 radical (unpaired) electrons. The largest absolute Gasteiger partial charge is 0.481 e. The zero-order valence-electron chi connectivity index (χ0n) is 13.4. The minimum Gasteiger partial charge on any atom is -0.481 e. The number of aromatic nitrogens is 3. The molecule has 1 N–H and O–H groups in total. The maximum absolute atomic E-state index is 12.5. The first-order valence-corrected chi connectivity index (χ1v) is 8.88. The molecule has 0 bridgehead atoms. The van der Waals surface area contributed by atoms with E-state index in [1.807, 2.05) is 29.2 Å². The fraction of sp³-hybridized carbons (Fsp3) is 0.500. The van der Waals surface area contributed by atoms with Crippen LogP contribution in [0.15, 0.2) is 29.4 Å². The van der Waals surface area contributed by atoms with Gasteiger partial charge in [0.05, 0.1) is 23.2 Å². The molecule has 3 rings (SSSR count). The summed E-state index contributed by atoms with van der Waals surface area (Å²) in [6.45, 7) is 3.21. The van der Waals surface area contributed by atoms with E-state index in [0.717, 1.165) is 0 Å². The number of thiazole rings is 1. The van der Waals surface area contributed by atoms with Crippen molar-refractivity contribution in [1.29, 1.82) is 0 Å². The van der Waals surface area contributed by atoms with Crippen LogP contribution < -0.4 is 0 Å². The molecule has 2 aromatic heterocycles. The number of hydrogen-bond donors (Lipinski definition) is 1. The number of aliphatic carboxylic acids is 1. The Kier molecular flexibility index (Phi) is 4.94. The molecule has 0 spiro atoms. The molecule has 0 aliphatic carbocycles. The molecule has 1 saturated heterocycles. The van der Waals surface area contributed by atoms with Crippen molar-refractivity contribution in [3.63, 3.8) is 0 Å². The molecule has 128 valence electrons. The average molecular weight is 348 g/mol. The third-order valence-electron chi connectivity index (χ3n) is 4.34. The molecule has 1 amide bonds. The molecule has 24 heavy (non-hydrogen) atoms. The Morgan fingerprint density at radius 1 is 1.50 bits per heavy atom. The van der Waals surface area contributed by atoms with E-state index >= 15 is 0 Å². The van der Waals surface area contributed by atoms with Gasteiger partial charge in [-0.25, -0.2) is 4.98 Å². The first-order chi connectivity index (χ1) is 11.6. The topological polar surface area (TPSA) is 88.3 Å². The first kappa shape index (κ1) is 16.6. The van der Waals surface area contributed by atoms with Crippen LogP contribution in [0.3, 0.4) is 0 Å². The number of carbonyl (C=O) groups is 2. The third-order valence-corrected chi connectivity index (χ3v) is 4.95. The van der Waals surface area contributed by atoms with Crippen molar-refractivity contribution in [3.8, 4) is 0 Å². The Balaban J connectivity index is 1.81. The zero-order valence-corrected chi connectivity index (χ0v) is 14.2. The van der Waals surface area contributed by atoms with Gasteiger partial charge in [-0.05, 0) is 18.4 Å². The summed E-state index contributed by atoms with van der Waals surface area (Å²) in [4.78, 5) is 30.2. The number of rotatable bonds is 6. The van der Waals surface area contributed by atoms with Gasteiger partial charge in [0, 0.05) is 37.3 Å². The summed E-state index contributed by atoms with van der Waals surface area (Å²) >= 11 is 1.42. The van der Waals surface area contributed by atoms with Gasteiger partial charge in [-0.2, -0.15) is 5.10 Å². The van der Waals surface area contributed by atoms with E-state index in [1.165, 1.54) is 11.3 Å². The van der Waals surface area contributed by atoms with Crippen LogP contribution in [-0.2, 0) is 16.1 Å². The second-order valence-electron chi connectivity index (χ2n) is 6.22. The Morgan fingerprint density at radius 3 is 2.96 bits per heavy atom. The maximum Gasteiger partial charge on any atom is 0.309 e. The van der Waals surface area contributed by atoms with Gasteiger partial charge in [0.2, 0.25) is 5.91 Å². The third kappa shape index (κ3) is 3.48. The molecular formula is C16H20N4O3S. The van der Waals surface area contributed by atoms with Gasteiger partial charge in [0.15, 0.2) is 0 Å². The predicted octanol–water partition coefficient (Wildman–Crippen LogP) is 2.04. The monoisotopic (exact) mass is 348 g/mol. The van der Waals surface area contributed by atoms with Crippen LogP contribution in [0.5, 0.6) is 0 Å². The highest BCUT2D eigenvalue weighted by molar-refractivity contribution is 7.07. The Morgan fingerprint density at radius 2 is 2.33 bits per heavy atom.